The molecule has 148 valence electrons. The number of rotatable bonds is 4. The summed E-state index contributed by atoms with van der Waals surface area (Å²) < 4.78 is 43.0. The van der Waals surface area contributed by atoms with E-state index >= 15 is 0 Å². The number of carboxylic acids is 1. The van der Waals surface area contributed by atoms with Gasteiger partial charge in [-0.2, -0.15) is 13.2 Å². The molecule has 2 heterocycles. The number of carbonyl (C=O) groups excluding carboxylic acids is 1. The molecule has 0 aliphatic carbocycles. The van der Waals surface area contributed by atoms with Crippen LogP contribution in [0.25, 0.3) is 0 Å². The van der Waals surface area contributed by atoms with Crippen molar-refractivity contribution in [1.82, 2.24) is 9.88 Å². The minimum Gasteiger partial charge on any atom is -0.481 e. The molecule has 2 unspecified atom stereocenters. The predicted octanol–water partition coefficient (Wildman–Crippen LogP) is 3.83. The van der Waals surface area contributed by atoms with Gasteiger partial charge in [-0.25, -0.2) is 4.98 Å². The highest BCUT2D eigenvalue weighted by Crippen LogP contribution is 2.30. The molecule has 0 radical (unpaired) electrons. The van der Waals surface area contributed by atoms with Gasteiger partial charge in [-0.3, -0.25) is 9.59 Å². The number of hydrogen-bond acceptors (Lipinski definition) is 4. The molecule has 9 heteroatoms. The maximum absolute atomic E-state index is 12.6. The SMILES string of the molecule is CC1C(C(=O)O)CCN1C(=O)c1ccc(Oc2ccc(C(F)(F)F)cn2)cc1. The lowest BCUT2D eigenvalue weighted by molar-refractivity contribution is -0.142. The van der Waals surface area contributed by atoms with Crippen molar-refractivity contribution in [1.29, 1.82) is 0 Å². The first-order valence-electron chi connectivity index (χ1n) is 8.52. The first-order valence-corrected chi connectivity index (χ1v) is 8.52. The van der Waals surface area contributed by atoms with Crippen molar-refractivity contribution in [2.45, 2.75) is 25.6 Å². The fourth-order valence-corrected chi connectivity index (χ4v) is 3.12. The molecule has 1 N–H and O–H groups in total. The molecule has 2 aromatic rings. The molecule has 1 aliphatic heterocycles. The third kappa shape index (κ3) is 4.08. The molecule has 28 heavy (non-hydrogen) atoms. The molecule has 1 saturated heterocycles. The molecular weight excluding hydrogens is 377 g/mol. The van der Waals surface area contributed by atoms with E-state index in [0.29, 0.717) is 30.5 Å². The summed E-state index contributed by atoms with van der Waals surface area (Å²) in [5, 5.41) is 9.17. The summed E-state index contributed by atoms with van der Waals surface area (Å²) >= 11 is 0. The molecule has 2 atom stereocenters. The van der Waals surface area contributed by atoms with E-state index in [-0.39, 0.29) is 11.8 Å². The summed E-state index contributed by atoms with van der Waals surface area (Å²) in [6, 6.07) is 7.61. The Bertz CT molecular complexity index is 866. The van der Waals surface area contributed by atoms with E-state index < -0.39 is 29.7 Å². The number of alkyl halides is 3. The Hall–Kier alpha value is -3.10. The second-order valence-electron chi connectivity index (χ2n) is 6.48. The summed E-state index contributed by atoms with van der Waals surface area (Å²) in [6.07, 6.45) is -3.39. The Morgan fingerprint density at radius 1 is 1.18 bits per heavy atom. The molecule has 1 fully saturated rings. The van der Waals surface area contributed by atoms with Crippen molar-refractivity contribution < 1.29 is 32.6 Å². The lowest BCUT2D eigenvalue weighted by Crippen LogP contribution is -2.37. The van der Waals surface area contributed by atoms with Gasteiger partial charge >= 0.3 is 12.1 Å². The average Bonchev–Trinajstić information content (AvgIpc) is 3.03. The van der Waals surface area contributed by atoms with Gasteiger partial charge in [-0.15, -0.1) is 0 Å². The molecule has 1 aromatic heterocycles. The Balaban J connectivity index is 1.67. The Kier molecular flexibility index (Phi) is 5.26. The van der Waals surface area contributed by atoms with E-state index in [1.165, 1.54) is 29.2 Å². The van der Waals surface area contributed by atoms with Gasteiger partial charge in [0.2, 0.25) is 5.88 Å². The molecule has 1 aromatic carbocycles. The molecule has 3 rings (SSSR count). The predicted molar refractivity (Wildman–Crippen MR) is 92.0 cm³/mol. The fourth-order valence-electron chi connectivity index (χ4n) is 3.12. The maximum Gasteiger partial charge on any atom is 0.417 e. The number of hydrogen-bond donors (Lipinski definition) is 1. The molecule has 0 saturated carbocycles. The van der Waals surface area contributed by atoms with Crippen molar-refractivity contribution in [3.63, 3.8) is 0 Å². The maximum atomic E-state index is 12.6. The van der Waals surface area contributed by atoms with E-state index in [9.17, 15) is 22.8 Å². The molecule has 0 bridgehead atoms. The van der Waals surface area contributed by atoms with Crippen molar-refractivity contribution in [2.75, 3.05) is 6.54 Å². The van der Waals surface area contributed by atoms with Crippen LogP contribution in [0.3, 0.4) is 0 Å². The number of ether oxygens (including phenoxy) is 1. The van der Waals surface area contributed by atoms with Crippen LogP contribution in [0.1, 0.15) is 29.3 Å². The number of likely N-dealkylation sites (tertiary alicyclic amines) is 1. The zero-order valence-electron chi connectivity index (χ0n) is 14.8. The van der Waals surface area contributed by atoms with Crippen molar-refractivity contribution in [3.05, 3.63) is 53.7 Å². The fraction of sp³-hybridized carbons (Fsp3) is 0.316. The number of carbonyl (C=O) groups is 2. The van der Waals surface area contributed by atoms with E-state index in [0.717, 1.165) is 12.1 Å². The standard InChI is InChI=1S/C19H17F3N2O4/c1-11-15(18(26)27)8-9-24(11)17(25)12-2-5-14(6-3-12)28-16-7-4-13(10-23-16)19(20,21)22/h2-7,10-11,15H,8-9H2,1H3,(H,26,27). The van der Waals surface area contributed by atoms with Gasteiger partial charge in [0.1, 0.15) is 5.75 Å². The lowest BCUT2D eigenvalue weighted by atomic mass is 10.0. The van der Waals surface area contributed by atoms with Crippen LogP contribution >= 0.6 is 0 Å². The third-order valence-electron chi connectivity index (χ3n) is 4.72. The van der Waals surface area contributed by atoms with Crippen LogP contribution in [0.2, 0.25) is 0 Å². The summed E-state index contributed by atoms with van der Waals surface area (Å²) in [5.74, 6) is -1.49. The Labute approximate surface area is 158 Å². The van der Waals surface area contributed by atoms with Crippen LogP contribution in [0.5, 0.6) is 11.6 Å². The van der Waals surface area contributed by atoms with E-state index in [1.54, 1.807) is 6.92 Å². The Morgan fingerprint density at radius 2 is 1.86 bits per heavy atom. The number of carboxylic acid groups (broad SMARTS) is 1. The molecule has 1 aliphatic rings. The van der Waals surface area contributed by atoms with Crippen LogP contribution in [-0.4, -0.2) is 39.5 Å². The van der Waals surface area contributed by atoms with Crippen molar-refractivity contribution in [3.8, 4) is 11.6 Å². The highest BCUT2D eigenvalue weighted by atomic mass is 19.4. The van der Waals surface area contributed by atoms with Gasteiger partial charge in [0.15, 0.2) is 0 Å². The molecular formula is C19H17F3N2O4. The number of nitrogens with zero attached hydrogens (tertiary/aromatic N) is 2. The highest BCUT2D eigenvalue weighted by Gasteiger charge is 2.38. The molecule has 6 nitrogen and oxygen atoms in total. The summed E-state index contributed by atoms with van der Waals surface area (Å²) in [6.45, 7) is 2.07. The van der Waals surface area contributed by atoms with Crippen molar-refractivity contribution >= 4 is 11.9 Å². The number of pyridine rings is 1. The van der Waals surface area contributed by atoms with Crippen LogP contribution < -0.4 is 4.74 Å². The molecule has 1 amide bonds. The largest absolute Gasteiger partial charge is 0.481 e. The van der Waals surface area contributed by atoms with E-state index in [1.807, 2.05) is 0 Å². The van der Waals surface area contributed by atoms with Gasteiger partial charge in [0, 0.05) is 30.4 Å². The smallest absolute Gasteiger partial charge is 0.417 e. The molecule has 0 spiro atoms. The highest BCUT2D eigenvalue weighted by molar-refractivity contribution is 5.95. The van der Waals surface area contributed by atoms with Crippen LogP contribution in [-0.2, 0) is 11.0 Å². The Morgan fingerprint density at radius 3 is 2.36 bits per heavy atom. The zero-order valence-corrected chi connectivity index (χ0v) is 14.8. The number of aliphatic carboxylic acids is 1. The third-order valence-corrected chi connectivity index (χ3v) is 4.72. The number of halogens is 3. The number of benzene rings is 1. The normalized spacial score (nSPS) is 19.5. The average molecular weight is 394 g/mol. The van der Waals surface area contributed by atoms with Gasteiger partial charge in [-0.05, 0) is 43.7 Å². The van der Waals surface area contributed by atoms with Gasteiger partial charge in [0.25, 0.3) is 5.91 Å². The first-order chi connectivity index (χ1) is 13.2. The lowest BCUT2D eigenvalue weighted by Gasteiger charge is -2.23. The van der Waals surface area contributed by atoms with E-state index in [2.05, 4.69) is 4.98 Å². The summed E-state index contributed by atoms with van der Waals surface area (Å²) in [7, 11) is 0. The topological polar surface area (TPSA) is 79.7 Å². The van der Waals surface area contributed by atoms with Crippen LogP contribution in [0.4, 0.5) is 13.2 Å². The van der Waals surface area contributed by atoms with Gasteiger partial charge < -0.3 is 14.7 Å². The minimum atomic E-state index is -4.47. The number of amides is 1. The summed E-state index contributed by atoms with van der Waals surface area (Å²) in [4.78, 5) is 28.9. The second kappa shape index (κ2) is 7.49. The summed E-state index contributed by atoms with van der Waals surface area (Å²) in [5.41, 5.74) is -0.509. The zero-order chi connectivity index (χ0) is 20.5. The van der Waals surface area contributed by atoms with Crippen LogP contribution in [0.15, 0.2) is 42.6 Å². The quantitative estimate of drug-likeness (QED) is 0.853. The monoisotopic (exact) mass is 394 g/mol. The minimum absolute atomic E-state index is 0.00968. The number of aromatic nitrogens is 1. The first kappa shape index (κ1) is 19.7. The van der Waals surface area contributed by atoms with Crippen LogP contribution in [0, 0.1) is 5.92 Å². The van der Waals surface area contributed by atoms with Crippen molar-refractivity contribution in [2.24, 2.45) is 5.92 Å². The van der Waals surface area contributed by atoms with E-state index in [4.69, 9.17) is 9.84 Å². The second-order valence-corrected chi connectivity index (χ2v) is 6.48. The van der Waals surface area contributed by atoms with Gasteiger partial charge in [-0.1, -0.05) is 0 Å². The van der Waals surface area contributed by atoms with Gasteiger partial charge in [0.05, 0.1) is 11.5 Å².